The predicted molar refractivity (Wildman–Crippen MR) is 103 cm³/mol. The summed E-state index contributed by atoms with van der Waals surface area (Å²) in [5, 5.41) is 27.8. The smallest absolute Gasteiger partial charge is 0.336 e. The fraction of sp³-hybridized carbons (Fsp3) is 0.526. The van der Waals surface area contributed by atoms with Crippen LogP contribution in [0.3, 0.4) is 0 Å². The lowest BCUT2D eigenvalue weighted by Gasteiger charge is -2.29. The van der Waals surface area contributed by atoms with E-state index in [1.807, 2.05) is 17.9 Å². The maximum absolute atomic E-state index is 11.6. The molecule has 0 aromatic heterocycles. The summed E-state index contributed by atoms with van der Waals surface area (Å²) in [7, 11) is 0. The quantitative estimate of drug-likeness (QED) is 0.609. The molecule has 9 nitrogen and oxygen atoms in total. The number of aliphatic carboxylic acids is 2. The van der Waals surface area contributed by atoms with Crippen molar-refractivity contribution in [3.05, 3.63) is 29.3 Å². The van der Waals surface area contributed by atoms with Gasteiger partial charge >= 0.3 is 17.9 Å². The second kappa shape index (κ2) is 10.0. The van der Waals surface area contributed by atoms with Gasteiger partial charge in [0.15, 0.2) is 0 Å². The summed E-state index contributed by atoms with van der Waals surface area (Å²) in [6.07, 6.45) is 0.548. The Hall–Kier alpha value is -2.65. The number of hydrogen-bond donors (Lipinski definition) is 3. The molecule has 1 heterocycles. The van der Waals surface area contributed by atoms with Gasteiger partial charge in [-0.2, -0.15) is 0 Å². The Morgan fingerprint density at radius 2 is 1.36 bits per heavy atom. The molecule has 1 aromatic carbocycles. The van der Waals surface area contributed by atoms with E-state index in [0.717, 1.165) is 11.3 Å². The van der Waals surface area contributed by atoms with Gasteiger partial charge in [0.05, 0.1) is 18.7 Å². The van der Waals surface area contributed by atoms with Crippen LogP contribution < -0.4 is 4.90 Å². The minimum Gasteiger partial charge on any atom is -0.480 e. The zero-order chi connectivity index (χ0) is 20.7. The van der Waals surface area contributed by atoms with Gasteiger partial charge in [-0.15, -0.1) is 0 Å². The number of carboxylic acid groups (broad SMARTS) is 3. The third-order valence-corrected chi connectivity index (χ3v) is 4.90. The molecule has 0 bridgehead atoms. The van der Waals surface area contributed by atoms with Crippen molar-refractivity contribution in [2.75, 3.05) is 57.3 Å². The Bertz CT molecular complexity index is 696. The molecule has 154 valence electrons. The van der Waals surface area contributed by atoms with Crippen molar-refractivity contribution in [2.24, 2.45) is 0 Å². The van der Waals surface area contributed by atoms with Crippen LogP contribution in [0.1, 0.15) is 22.8 Å². The average molecular weight is 393 g/mol. The number of hydrogen-bond acceptors (Lipinski definition) is 6. The molecule has 1 aromatic rings. The van der Waals surface area contributed by atoms with Crippen molar-refractivity contribution in [1.29, 1.82) is 0 Å². The van der Waals surface area contributed by atoms with E-state index in [1.54, 1.807) is 21.9 Å². The molecule has 1 aliphatic rings. The molecule has 9 heteroatoms. The standard InChI is InChI=1S/C19H27N3O6/c1-2-14-15(19(27)28)4-3-5-16(14)22-10-8-20(12-17(23)24)6-7-21(9-11-22)13-18(25)26/h3-5H,2,6-13H2,1H3,(H,23,24)(H,25,26)(H,27,28). The van der Waals surface area contributed by atoms with Gasteiger partial charge in [-0.1, -0.05) is 13.0 Å². The van der Waals surface area contributed by atoms with Gasteiger partial charge in [-0.3, -0.25) is 19.4 Å². The van der Waals surface area contributed by atoms with Gasteiger partial charge in [0.2, 0.25) is 0 Å². The molecule has 1 saturated heterocycles. The number of carbonyl (C=O) groups is 3. The van der Waals surface area contributed by atoms with E-state index in [2.05, 4.69) is 0 Å². The maximum Gasteiger partial charge on any atom is 0.336 e. The Morgan fingerprint density at radius 1 is 0.857 bits per heavy atom. The first-order chi connectivity index (χ1) is 13.3. The van der Waals surface area contributed by atoms with Crippen LogP contribution in [0.25, 0.3) is 0 Å². The van der Waals surface area contributed by atoms with Gasteiger partial charge in [-0.25, -0.2) is 4.79 Å². The van der Waals surface area contributed by atoms with E-state index in [4.69, 9.17) is 10.2 Å². The van der Waals surface area contributed by atoms with Crippen molar-refractivity contribution < 1.29 is 29.7 Å². The van der Waals surface area contributed by atoms with Crippen LogP contribution in [0, 0.1) is 0 Å². The first-order valence-corrected chi connectivity index (χ1v) is 9.30. The summed E-state index contributed by atoms with van der Waals surface area (Å²) in [6.45, 7) is 4.63. The lowest BCUT2D eigenvalue weighted by molar-refractivity contribution is -0.140. The van der Waals surface area contributed by atoms with Crippen molar-refractivity contribution >= 4 is 23.6 Å². The van der Waals surface area contributed by atoms with Gasteiger partial charge < -0.3 is 20.2 Å². The van der Waals surface area contributed by atoms with E-state index in [1.165, 1.54) is 0 Å². The molecule has 28 heavy (non-hydrogen) atoms. The highest BCUT2D eigenvalue weighted by molar-refractivity contribution is 5.91. The Balaban J connectivity index is 2.31. The lowest BCUT2D eigenvalue weighted by atomic mass is 10.0. The third-order valence-electron chi connectivity index (χ3n) is 4.90. The Kier molecular flexibility index (Phi) is 7.77. The SMILES string of the molecule is CCc1c(C(=O)O)cccc1N1CCN(CC(=O)O)CCN(CC(=O)O)CC1. The first-order valence-electron chi connectivity index (χ1n) is 9.30. The summed E-state index contributed by atoms with van der Waals surface area (Å²) in [6, 6.07) is 5.15. The number of aromatic carboxylic acids is 1. The summed E-state index contributed by atoms with van der Waals surface area (Å²) in [5.41, 5.74) is 1.78. The fourth-order valence-electron chi connectivity index (χ4n) is 3.53. The molecule has 0 unspecified atom stereocenters. The van der Waals surface area contributed by atoms with E-state index in [-0.39, 0.29) is 18.7 Å². The minimum atomic E-state index is -0.983. The van der Waals surface area contributed by atoms with E-state index in [9.17, 15) is 19.5 Å². The molecular weight excluding hydrogens is 366 g/mol. The third kappa shape index (κ3) is 5.93. The molecule has 0 radical (unpaired) electrons. The van der Waals surface area contributed by atoms with E-state index >= 15 is 0 Å². The topological polar surface area (TPSA) is 122 Å². The molecule has 1 fully saturated rings. The summed E-state index contributed by atoms with van der Waals surface area (Å²) < 4.78 is 0. The second-order valence-corrected chi connectivity index (χ2v) is 6.79. The highest BCUT2D eigenvalue weighted by atomic mass is 16.4. The molecule has 1 aliphatic heterocycles. The largest absolute Gasteiger partial charge is 0.480 e. The average Bonchev–Trinajstić information content (AvgIpc) is 2.72. The van der Waals surface area contributed by atoms with Crippen molar-refractivity contribution in [2.45, 2.75) is 13.3 Å². The zero-order valence-corrected chi connectivity index (χ0v) is 16.0. The second-order valence-electron chi connectivity index (χ2n) is 6.79. The molecule has 0 saturated carbocycles. The van der Waals surface area contributed by atoms with Crippen LogP contribution in [-0.4, -0.2) is 95.4 Å². The predicted octanol–water partition coefficient (Wildman–Crippen LogP) is 0.540. The van der Waals surface area contributed by atoms with Crippen LogP contribution in [0.15, 0.2) is 18.2 Å². The maximum atomic E-state index is 11.6. The van der Waals surface area contributed by atoms with Crippen molar-refractivity contribution in [1.82, 2.24) is 9.80 Å². The number of carboxylic acids is 3. The van der Waals surface area contributed by atoms with Crippen molar-refractivity contribution in [3.8, 4) is 0 Å². The molecule has 3 N–H and O–H groups in total. The number of anilines is 1. The molecular formula is C19H27N3O6. The van der Waals surface area contributed by atoms with E-state index < -0.39 is 17.9 Å². The van der Waals surface area contributed by atoms with Gasteiger partial charge in [-0.05, 0) is 24.1 Å². The van der Waals surface area contributed by atoms with Crippen LogP contribution in [0.2, 0.25) is 0 Å². The molecule has 0 amide bonds. The highest BCUT2D eigenvalue weighted by Crippen LogP contribution is 2.25. The molecule has 0 atom stereocenters. The van der Waals surface area contributed by atoms with Crippen LogP contribution >= 0.6 is 0 Å². The molecule has 0 spiro atoms. The van der Waals surface area contributed by atoms with E-state index in [0.29, 0.717) is 45.7 Å². The number of rotatable bonds is 7. The highest BCUT2D eigenvalue weighted by Gasteiger charge is 2.22. The van der Waals surface area contributed by atoms with Gasteiger partial charge in [0, 0.05) is 45.0 Å². The normalized spacial score (nSPS) is 16.8. The lowest BCUT2D eigenvalue weighted by Crippen LogP contribution is -2.40. The number of nitrogens with zero attached hydrogens (tertiary/aromatic N) is 3. The van der Waals surface area contributed by atoms with Crippen molar-refractivity contribution in [3.63, 3.8) is 0 Å². The van der Waals surface area contributed by atoms with Crippen LogP contribution in [0.4, 0.5) is 5.69 Å². The summed E-state index contributed by atoms with van der Waals surface area (Å²) >= 11 is 0. The van der Waals surface area contributed by atoms with Gasteiger partial charge in [0.1, 0.15) is 0 Å². The van der Waals surface area contributed by atoms with Gasteiger partial charge in [0.25, 0.3) is 0 Å². The summed E-state index contributed by atoms with van der Waals surface area (Å²) in [4.78, 5) is 39.5. The summed E-state index contributed by atoms with van der Waals surface area (Å²) in [5.74, 6) is -2.85. The fourth-order valence-corrected chi connectivity index (χ4v) is 3.53. The first kappa shape index (κ1) is 21.6. The Labute approximate surface area is 163 Å². The monoisotopic (exact) mass is 393 g/mol. The molecule has 0 aliphatic carbocycles. The zero-order valence-electron chi connectivity index (χ0n) is 16.0. The van der Waals surface area contributed by atoms with Crippen LogP contribution in [0.5, 0.6) is 0 Å². The van der Waals surface area contributed by atoms with Crippen LogP contribution in [-0.2, 0) is 16.0 Å². The molecule has 2 rings (SSSR count). The number of benzene rings is 1. The minimum absolute atomic E-state index is 0.120. The Morgan fingerprint density at radius 3 is 1.79 bits per heavy atom.